The zero-order valence-corrected chi connectivity index (χ0v) is 10.6. The second-order valence-corrected chi connectivity index (χ2v) is 4.41. The molecule has 17 heavy (non-hydrogen) atoms. The maximum Gasteiger partial charge on any atom is 0.172 e. The molecule has 2 N–H and O–H groups in total. The predicted octanol–water partition coefficient (Wildman–Crippen LogP) is 2.41. The first-order valence-corrected chi connectivity index (χ1v) is 6.40. The quantitative estimate of drug-likeness (QED) is 0.374. The molecule has 1 rings (SSSR count). The van der Waals surface area contributed by atoms with Crippen LogP contribution in [-0.2, 0) is 15.3 Å². The molecule has 0 fully saturated rings. The molecule has 1 aromatic carbocycles. The number of hydrogen-bond donors (Lipinski definition) is 2. The molecule has 0 saturated heterocycles. The summed E-state index contributed by atoms with van der Waals surface area (Å²) in [6.45, 7) is -0.149. The molecule has 0 aliphatic carbocycles. The van der Waals surface area contributed by atoms with Gasteiger partial charge in [0.15, 0.2) is 16.9 Å². The molecular weight excluding hydrogens is 264 g/mol. The lowest BCUT2D eigenvalue weighted by Crippen LogP contribution is -2.06. The van der Waals surface area contributed by atoms with Gasteiger partial charge in [-0.1, -0.05) is 22.9 Å². The van der Waals surface area contributed by atoms with Crippen molar-refractivity contribution in [3.63, 3.8) is 0 Å². The predicted molar refractivity (Wildman–Crippen MR) is 67.7 cm³/mol. The largest absolute Gasteiger partial charge is 0.283 e. The minimum Gasteiger partial charge on any atom is -0.283 e. The second-order valence-electron chi connectivity index (χ2n) is 2.93. The number of benzene rings is 1. The van der Waals surface area contributed by atoms with Crippen LogP contribution in [0.25, 0.3) is 0 Å². The SMILES string of the molecule is CS(=O)OCC(=N)/N=N\Nc1cccc(Cl)c1. The van der Waals surface area contributed by atoms with Crippen LogP contribution in [0, 0.1) is 5.41 Å². The third kappa shape index (κ3) is 6.10. The van der Waals surface area contributed by atoms with Crippen molar-refractivity contribution in [2.75, 3.05) is 18.3 Å². The van der Waals surface area contributed by atoms with Crippen molar-refractivity contribution < 1.29 is 8.39 Å². The topological polar surface area (TPSA) is 86.9 Å². The highest BCUT2D eigenvalue weighted by molar-refractivity contribution is 7.79. The van der Waals surface area contributed by atoms with Gasteiger partial charge in [-0.05, 0) is 18.2 Å². The Morgan fingerprint density at radius 1 is 1.65 bits per heavy atom. The molecule has 0 bridgehead atoms. The number of anilines is 1. The number of amidine groups is 1. The van der Waals surface area contributed by atoms with Crippen LogP contribution in [0.5, 0.6) is 0 Å². The van der Waals surface area contributed by atoms with E-state index in [1.807, 2.05) is 0 Å². The van der Waals surface area contributed by atoms with Crippen LogP contribution in [0.1, 0.15) is 0 Å². The minimum absolute atomic E-state index is 0.130. The number of nitrogens with one attached hydrogen (secondary N) is 2. The Labute approximate surface area is 106 Å². The maximum atomic E-state index is 10.6. The van der Waals surface area contributed by atoms with E-state index in [4.69, 9.17) is 17.0 Å². The van der Waals surface area contributed by atoms with Crippen LogP contribution in [-0.4, -0.2) is 22.9 Å². The second kappa shape index (κ2) is 7.10. The molecular formula is C9H11ClN4O2S. The Kier molecular flexibility index (Phi) is 5.75. The van der Waals surface area contributed by atoms with Crippen LogP contribution in [0.3, 0.4) is 0 Å². The Hall–Kier alpha value is -1.31. The molecule has 0 spiro atoms. The molecule has 1 unspecified atom stereocenters. The van der Waals surface area contributed by atoms with Crippen molar-refractivity contribution in [1.82, 2.24) is 0 Å². The van der Waals surface area contributed by atoms with Crippen molar-refractivity contribution in [2.24, 2.45) is 10.3 Å². The fraction of sp³-hybridized carbons (Fsp3) is 0.222. The van der Waals surface area contributed by atoms with Crippen LogP contribution in [0.2, 0.25) is 5.02 Å². The van der Waals surface area contributed by atoms with Crippen LogP contribution in [0.4, 0.5) is 5.69 Å². The molecule has 0 radical (unpaired) electrons. The van der Waals surface area contributed by atoms with Gasteiger partial charge in [0.25, 0.3) is 0 Å². The van der Waals surface area contributed by atoms with Crippen LogP contribution < -0.4 is 5.43 Å². The van der Waals surface area contributed by atoms with Gasteiger partial charge < -0.3 is 0 Å². The summed E-state index contributed by atoms with van der Waals surface area (Å²) in [5.41, 5.74) is 3.27. The summed E-state index contributed by atoms with van der Waals surface area (Å²) in [6.07, 6.45) is 1.37. The van der Waals surface area contributed by atoms with Gasteiger partial charge in [-0.3, -0.25) is 15.0 Å². The standard InChI is InChI=1S/C9H11ClN4O2S/c1-17(15)16-6-9(11)13-14-12-8-4-2-3-7(10)5-8/h2-5H,6H2,1H3,(H2,11,12,13). The van der Waals surface area contributed by atoms with Gasteiger partial charge in [0.2, 0.25) is 0 Å². The number of halogens is 1. The summed E-state index contributed by atoms with van der Waals surface area (Å²) >= 11 is 4.35. The van der Waals surface area contributed by atoms with Gasteiger partial charge in [0.05, 0.1) is 5.69 Å². The molecule has 1 atom stereocenters. The summed E-state index contributed by atoms with van der Waals surface area (Å²) in [5, 5.41) is 15.0. The van der Waals surface area contributed by atoms with E-state index >= 15 is 0 Å². The third-order valence-electron chi connectivity index (χ3n) is 1.54. The summed E-state index contributed by atoms with van der Waals surface area (Å²) in [7, 11) is 0. The monoisotopic (exact) mass is 274 g/mol. The van der Waals surface area contributed by atoms with Gasteiger partial charge in [-0.15, -0.1) is 5.11 Å². The minimum atomic E-state index is -1.41. The van der Waals surface area contributed by atoms with Crippen LogP contribution in [0.15, 0.2) is 34.6 Å². The van der Waals surface area contributed by atoms with Gasteiger partial charge in [-0.25, -0.2) is 4.21 Å². The smallest absolute Gasteiger partial charge is 0.172 e. The van der Waals surface area contributed by atoms with Gasteiger partial charge in [0, 0.05) is 11.3 Å². The molecule has 0 aliphatic heterocycles. The first kappa shape index (κ1) is 13.8. The zero-order valence-electron chi connectivity index (χ0n) is 9.01. The van der Waals surface area contributed by atoms with Crippen molar-refractivity contribution in [1.29, 1.82) is 5.41 Å². The van der Waals surface area contributed by atoms with E-state index in [0.717, 1.165) is 0 Å². The Balaban J connectivity index is 2.39. The molecule has 0 aromatic heterocycles. The van der Waals surface area contributed by atoms with E-state index < -0.39 is 11.1 Å². The molecule has 1 aromatic rings. The first-order chi connectivity index (χ1) is 8.08. The molecule has 0 saturated carbocycles. The number of nitrogens with zero attached hydrogens (tertiary/aromatic N) is 2. The Bertz CT molecular complexity index is 452. The summed E-state index contributed by atoms with van der Waals surface area (Å²) in [4.78, 5) is 0. The van der Waals surface area contributed by atoms with E-state index in [1.54, 1.807) is 24.3 Å². The highest BCUT2D eigenvalue weighted by Crippen LogP contribution is 2.14. The average Bonchev–Trinajstić information content (AvgIpc) is 2.26. The normalized spacial score (nSPS) is 12.6. The molecule has 0 aliphatic rings. The fourth-order valence-corrected chi connectivity index (χ4v) is 1.34. The Morgan fingerprint density at radius 2 is 2.41 bits per heavy atom. The molecule has 0 amide bonds. The lowest BCUT2D eigenvalue weighted by atomic mass is 10.3. The van der Waals surface area contributed by atoms with E-state index in [2.05, 4.69) is 19.9 Å². The number of hydrogen-bond acceptors (Lipinski definition) is 4. The molecule has 0 heterocycles. The van der Waals surface area contributed by atoms with Gasteiger partial charge in [0.1, 0.15) is 6.61 Å². The number of rotatable bonds is 5. The highest BCUT2D eigenvalue weighted by Gasteiger charge is 1.97. The highest BCUT2D eigenvalue weighted by atomic mass is 35.5. The summed E-state index contributed by atoms with van der Waals surface area (Å²) < 4.78 is 15.2. The fourth-order valence-electron chi connectivity index (χ4n) is 0.869. The summed E-state index contributed by atoms with van der Waals surface area (Å²) in [5.74, 6) is -0.130. The molecule has 92 valence electrons. The van der Waals surface area contributed by atoms with E-state index in [9.17, 15) is 4.21 Å². The lowest BCUT2D eigenvalue weighted by molar-refractivity contribution is 0.409. The molecule has 8 heteroatoms. The van der Waals surface area contributed by atoms with Crippen molar-refractivity contribution in [3.8, 4) is 0 Å². The van der Waals surface area contributed by atoms with E-state index in [0.29, 0.717) is 10.7 Å². The van der Waals surface area contributed by atoms with Crippen LogP contribution >= 0.6 is 11.6 Å². The maximum absolute atomic E-state index is 10.6. The van der Waals surface area contributed by atoms with Crippen molar-refractivity contribution in [3.05, 3.63) is 29.3 Å². The van der Waals surface area contributed by atoms with Crippen molar-refractivity contribution >= 4 is 34.2 Å². The lowest BCUT2D eigenvalue weighted by Gasteiger charge is -1.99. The Morgan fingerprint density at radius 3 is 3.06 bits per heavy atom. The van der Waals surface area contributed by atoms with Gasteiger partial charge >= 0.3 is 0 Å². The third-order valence-corrected chi connectivity index (χ3v) is 2.22. The molecule has 6 nitrogen and oxygen atoms in total. The first-order valence-electron chi connectivity index (χ1n) is 4.54. The van der Waals surface area contributed by atoms with Crippen molar-refractivity contribution in [2.45, 2.75) is 0 Å². The zero-order chi connectivity index (χ0) is 12.7. The van der Waals surface area contributed by atoms with Gasteiger partial charge in [-0.2, -0.15) is 0 Å². The summed E-state index contributed by atoms with van der Waals surface area (Å²) in [6, 6.07) is 6.92. The average molecular weight is 275 g/mol. The van der Waals surface area contributed by atoms with E-state index in [-0.39, 0.29) is 12.4 Å². The van der Waals surface area contributed by atoms with E-state index in [1.165, 1.54) is 6.26 Å².